The summed E-state index contributed by atoms with van der Waals surface area (Å²) in [4.78, 5) is 9.23. The lowest BCUT2D eigenvalue weighted by Crippen LogP contribution is -2.30. The zero-order valence-electron chi connectivity index (χ0n) is 15.7. The topological polar surface area (TPSA) is 60.9 Å². The van der Waals surface area contributed by atoms with Gasteiger partial charge in [-0.2, -0.15) is 10.2 Å². The standard InChI is InChI=1S/C21H15Cl2FN6/c1-12-19(21-25-11-27-29(21)15-4-2-3-14(24)10-15)20(30-18(28-12)7-8-26-30)13-5-6-16(22)17(23)9-13/h2-11,19-20H,1H3/t19?,20-/m1/s1. The molecule has 2 aromatic carbocycles. The van der Waals surface area contributed by atoms with Gasteiger partial charge in [-0.15, -0.1) is 0 Å². The molecule has 1 unspecified atom stereocenters. The van der Waals surface area contributed by atoms with Gasteiger partial charge in [-0.1, -0.05) is 35.3 Å². The third-order valence-corrected chi connectivity index (χ3v) is 5.90. The fraction of sp³-hybridized carbons (Fsp3) is 0.143. The Morgan fingerprint density at radius 2 is 1.87 bits per heavy atom. The summed E-state index contributed by atoms with van der Waals surface area (Å²) in [6.07, 6.45) is 3.16. The summed E-state index contributed by atoms with van der Waals surface area (Å²) in [6, 6.07) is 13.3. The number of rotatable bonds is 3. The van der Waals surface area contributed by atoms with Crippen molar-refractivity contribution in [2.45, 2.75) is 18.9 Å². The van der Waals surface area contributed by atoms with E-state index in [0.29, 0.717) is 21.6 Å². The highest BCUT2D eigenvalue weighted by Crippen LogP contribution is 2.42. The summed E-state index contributed by atoms with van der Waals surface area (Å²) < 4.78 is 17.3. The van der Waals surface area contributed by atoms with Gasteiger partial charge in [0.2, 0.25) is 0 Å². The van der Waals surface area contributed by atoms with E-state index in [1.165, 1.54) is 18.5 Å². The van der Waals surface area contributed by atoms with Gasteiger partial charge in [0.25, 0.3) is 0 Å². The first-order valence-electron chi connectivity index (χ1n) is 9.22. The maximum Gasteiger partial charge on any atom is 0.150 e. The molecule has 0 aliphatic carbocycles. The highest BCUT2D eigenvalue weighted by Gasteiger charge is 2.37. The first-order chi connectivity index (χ1) is 14.5. The molecule has 9 heteroatoms. The highest BCUT2D eigenvalue weighted by atomic mass is 35.5. The second-order valence-corrected chi connectivity index (χ2v) is 7.81. The van der Waals surface area contributed by atoms with Crippen LogP contribution in [0.3, 0.4) is 0 Å². The Morgan fingerprint density at radius 3 is 2.67 bits per heavy atom. The number of halogens is 3. The van der Waals surface area contributed by atoms with Crippen molar-refractivity contribution >= 4 is 34.7 Å². The molecule has 1 aliphatic heterocycles. The van der Waals surface area contributed by atoms with Gasteiger partial charge in [0.1, 0.15) is 18.0 Å². The maximum absolute atomic E-state index is 13.9. The van der Waals surface area contributed by atoms with Crippen molar-refractivity contribution in [2.24, 2.45) is 4.99 Å². The molecule has 5 rings (SSSR count). The predicted octanol–water partition coefficient (Wildman–Crippen LogP) is 5.39. The van der Waals surface area contributed by atoms with E-state index >= 15 is 0 Å². The van der Waals surface area contributed by atoms with Crippen molar-refractivity contribution in [3.8, 4) is 5.69 Å². The molecular formula is C21H15Cl2FN6. The quantitative estimate of drug-likeness (QED) is 0.429. The van der Waals surface area contributed by atoms with Gasteiger partial charge in [0, 0.05) is 11.8 Å². The zero-order valence-corrected chi connectivity index (χ0v) is 17.3. The fourth-order valence-corrected chi connectivity index (χ4v) is 4.16. The Bertz CT molecular complexity index is 1280. The molecule has 30 heavy (non-hydrogen) atoms. The number of hydrogen-bond donors (Lipinski definition) is 0. The smallest absolute Gasteiger partial charge is 0.150 e. The van der Waals surface area contributed by atoms with E-state index < -0.39 is 0 Å². The Labute approximate surface area is 181 Å². The van der Waals surface area contributed by atoms with Crippen LogP contribution in [0, 0.1) is 5.82 Å². The number of hydrogen-bond acceptors (Lipinski definition) is 4. The normalized spacial score (nSPS) is 18.2. The van der Waals surface area contributed by atoms with Gasteiger partial charge in [-0.3, -0.25) is 0 Å². The zero-order chi connectivity index (χ0) is 20.8. The lowest BCUT2D eigenvalue weighted by molar-refractivity contribution is 0.470. The third kappa shape index (κ3) is 3.11. The Morgan fingerprint density at radius 1 is 1.00 bits per heavy atom. The SMILES string of the molecule is CC1=Nc2ccnn2[C@H](c2ccc(Cl)c(Cl)c2)C1c1ncnn1-c1cccc(F)c1. The minimum atomic E-state index is -0.349. The minimum absolute atomic E-state index is 0.279. The van der Waals surface area contributed by atoms with Gasteiger partial charge < -0.3 is 0 Å². The van der Waals surface area contributed by atoms with Crippen LogP contribution < -0.4 is 0 Å². The molecule has 2 atom stereocenters. The van der Waals surface area contributed by atoms with E-state index in [1.807, 2.05) is 29.8 Å². The number of nitrogens with zero attached hydrogens (tertiary/aromatic N) is 6. The molecule has 0 saturated carbocycles. The summed E-state index contributed by atoms with van der Waals surface area (Å²) in [5.74, 6) is 0.703. The van der Waals surface area contributed by atoms with Crippen LogP contribution in [0.15, 0.2) is 66.0 Å². The molecule has 0 bridgehead atoms. The van der Waals surface area contributed by atoms with Crippen LogP contribution in [0.5, 0.6) is 0 Å². The first-order valence-corrected chi connectivity index (χ1v) is 9.98. The number of benzene rings is 2. The van der Waals surface area contributed by atoms with Crippen molar-refractivity contribution < 1.29 is 4.39 Å². The van der Waals surface area contributed by atoms with Crippen molar-refractivity contribution in [2.75, 3.05) is 0 Å². The summed E-state index contributed by atoms with van der Waals surface area (Å²) in [5.41, 5.74) is 2.32. The van der Waals surface area contributed by atoms with Gasteiger partial charge >= 0.3 is 0 Å². The van der Waals surface area contributed by atoms with Crippen LogP contribution in [-0.4, -0.2) is 30.3 Å². The molecule has 0 spiro atoms. The number of aliphatic imine (C=N–C) groups is 1. The summed E-state index contributed by atoms with van der Waals surface area (Å²) in [7, 11) is 0. The molecule has 0 N–H and O–H groups in total. The van der Waals surface area contributed by atoms with Gasteiger partial charge in [0.05, 0.1) is 33.9 Å². The number of fused-ring (bicyclic) bond motifs is 1. The maximum atomic E-state index is 13.9. The molecule has 0 amide bonds. The monoisotopic (exact) mass is 440 g/mol. The van der Waals surface area contributed by atoms with Crippen molar-refractivity contribution in [3.63, 3.8) is 0 Å². The van der Waals surface area contributed by atoms with Gasteiger partial charge in [-0.25, -0.2) is 23.7 Å². The Kier molecular flexibility index (Phi) is 4.64. The lowest BCUT2D eigenvalue weighted by atomic mass is 9.87. The van der Waals surface area contributed by atoms with Gasteiger partial charge in [-0.05, 0) is 42.8 Å². The molecule has 0 fully saturated rings. The summed E-state index contributed by atoms with van der Waals surface area (Å²) in [5, 5.41) is 9.77. The summed E-state index contributed by atoms with van der Waals surface area (Å²) in [6.45, 7) is 1.94. The van der Waals surface area contributed by atoms with Crippen LogP contribution in [0.25, 0.3) is 5.69 Å². The number of aromatic nitrogens is 5. The molecule has 0 saturated heterocycles. The summed E-state index contributed by atoms with van der Waals surface area (Å²) >= 11 is 12.5. The predicted molar refractivity (Wildman–Crippen MR) is 114 cm³/mol. The molecule has 2 aromatic heterocycles. The van der Waals surface area contributed by atoms with E-state index in [-0.39, 0.29) is 17.8 Å². The third-order valence-electron chi connectivity index (χ3n) is 5.16. The van der Waals surface area contributed by atoms with E-state index in [0.717, 1.165) is 17.1 Å². The van der Waals surface area contributed by atoms with Gasteiger partial charge in [0.15, 0.2) is 5.82 Å². The average molecular weight is 441 g/mol. The second kappa shape index (κ2) is 7.34. The largest absolute Gasteiger partial charge is 0.239 e. The van der Waals surface area contributed by atoms with Crippen LogP contribution in [-0.2, 0) is 0 Å². The van der Waals surface area contributed by atoms with Crippen LogP contribution in [0.4, 0.5) is 10.2 Å². The van der Waals surface area contributed by atoms with Crippen LogP contribution >= 0.6 is 23.2 Å². The fourth-order valence-electron chi connectivity index (χ4n) is 3.86. The Hall–Kier alpha value is -3.03. The molecule has 6 nitrogen and oxygen atoms in total. The first kappa shape index (κ1) is 19.0. The average Bonchev–Trinajstić information content (AvgIpc) is 3.38. The lowest BCUT2D eigenvalue weighted by Gasteiger charge is -2.31. The molecule has 0 radical (unpaired) electrons. The Balaban J connectivity index is 1.70. The van der Waals surface area contributed by atoms with E-state index in [4.69, 9.17) is 28.2 Å². The molecule has 150 valence electrons. The molecule has 3 heterocycles. The van der Waals surface area contributed by atoms with Crippen LogP contribution in [0.1, 0.15) is 30.3 Å². The highest BCUT2D eigenvalue weighted by molar-refractivity contribution is 6.42. The molecular weight excluding hydrogens is 426 g/mol. The van der Waals surface area contributed by atoms with Crippen LogP contribution in [0.2, 0.25) is 10.0 Å². The minimum Gasteiger partial charge on any atom is -0.239 e. The van der Waals surface area contributed by atoms with E-state index in [2.05, 4.69) is 15.2 Å². The molecule has 4 aromatic rings. The van der Waals surface area contributed by atoms with E-state index in [1.54, 1.807) is 29.1 Å². The van der Waals surface area contributed by atoms with Crippen molar-refractivity contribution in [3.05, 3.63) is 88.3 Å². The molecule has 1 aliphatic rings. The van der Waals surface area contributed by atoms with Crippen molar-refractivity contribution in [1.82, 2.24) is 24.5 Å². The van der Waals surface area contributed by atoms with E-state index in [9.17, 15) is 4.39 Å². The second-order valence-electron chi connectivity index (χ2n) is 6.99. The van der Waals surface area contributed by atoms with Crippen molar-refractivity contribution in [1.29, 1.82) is 0 Å².